The maximum Gasteiger partial charge on any atom is 0.0482 e. The average molecular weight is 659 g/mol. The summed E-state index contributed by atoms with van der Waals surface area (Å²) in [6.45, 7) is 0. The Bertz CT molecular complexity index is 2570. The van der Waals surface area contributed by atoms with E-state index in [4.69, 9.17) is 11.6 Å². The molecule has 2 heterocycles. The van der Waals surface area contributed by atoms with Crippen molar-refractivity contribution < 1.29 is 0 Å². The second-order valence-electron chi connectivity index (χ2n) is 11.6. The van der Waals surface area contributed by atoms with Gasteiger partial charge in [-0.1, -0.05) is 78.3 Å². The van der Waals surface area contributed by atoms with Crippen LogP contribution >= 0.6 is 34.3 Å². The summed E-state index contributed by atoms with van der Waals surface area (Å²) in [6.07, 6.45) is 0. The molecule has 0 aliphatic heterocycles. The lowest BCUT2D eigenvalue weighted by atomic mass is 10.1. The summed E-state index contributed by atoms with van der Waals surface area (Å²) < 4.78 is 5.17. The molecule has 0 radical (unpaired) electrons. The molecular formula is C42H27ClN2S2. The highest BCUT2D eigenvalue weighted by molar-refractivity contribution is 7.26. The molecule has 0 atom stereocenters. The minimum absolute atomic E-state index is 0.702. The van der Waals surface area contributed by atoms with E-state index in [2.05, 4.69) is 155 Å². The summed E-state index contributed by atoms with van der Waals surface area (Å²) in [6, 6.07) is 58.4. The van der Waals surface area contributed by atoms with Gasteiger partial charge in [0.05, 0.1) is 0 Å². The molecule has 7 aromatic carbocycles. The van der Waals surface area contributed by atoms with E-state index < -0.39 is 0 Å². The molecule has 224 valence electrons. The van der Waals surface area contributed by atoms with Crippen LogP contribution in [0.2, 0.25) is 5.02 Å². The monoisotopic (exact) mass is 658 g/mol. The number of rotatable bonds is 6. The second-order valence-corrected chi connectivity index (χ2v) is 14.2. The van der Waals surface area contributed by atoms with Crippen LogP contribution in [0.3, 0.4) is 0 Å². The Kier molecular flexibility index (Phi) is 6.93. The fourth-order valence-corrected chi connectivity index (χ4v) is 8.92. The molecule has 0 saturated heterocycles. The van der Waals surface area contributed by atoms with Gasteiger partial charge >= 0.3 is 0 Å². The molecule has 0 N–H and O–H groups in total. The van der Waals surface area contributed by atoms with Crippen molar-refractivity contribution in [3.63, 3.8) is 0 Å². The van der Waals surface area contributed by atoms with Crippen LogP contribution in [-0.4, -0.2) is 0 Å². The lowest BCUT2D eigenvalue weighted by Gasteiger charge is -2.29. The molecule has 5 heteroatoms. The first-order valence-electron chi connectivity index (χ1n) is 15.5. The van der Waals surface area contributed by atoms with E-state index in [9.17, 15) is 0 Å². The number of fused-ring (bicyclic) bond motifs is 6. The van der Waals surface area contributed by atoms with Gasteiger partial charge in [0, 0.05) is 79.5 Å². The van der Waals surface area contributed by atoms with Gasteiger partial charge in [-0.2, -0.15) is 0 Å². The van der Waals surface area contributed by atoms with E-state index in [0.717, 1.165) is 34.1 Å². The Morgan fingerprint density at radius 1 is 0.319 bits per heavy atom. The number of halogens is 1. The standard InChI is InChI=1S/C42H27ClN2S2/c43-28-10-8-13-30(24-28)45(34-21-23-42-38(27-34)36-17-5-7-19-40(36)47-42)32-15-9-14-31(25-32)44(29-11-2-1-3-12-29)33-20-22-41-37(26-33)35-16-4-6-18-39(35)46-41/h1-27H. The third-order valence-corrected chi connectivity index (χ3v) is 11.2. The van der Waals surface area contributed by atoms with Crippen LogP contribution in [0.1, 0.15) is 0 Å². The summed E-state index contributed by atoms with van der Waals surface area (Å²) in [5.74, 6) is 0. The van der Waals surface area contributed by atoms with Crippen molar-refractivity contribution in [2.75, 3.05) is 9.80 Å². The van der Waals surface area contributed by atoms with E-state index >= 15 is 0 Å². The zero-order valence-corrected chi connectivity index (χ0v) is 27.6. The Balaban J connectivity index is 1.23. The number of hydrogen-bond donors (Lipinski definition) is 0. The highest BCUT2D eigenvalue weighted by Crippen LogP contribution is 2.44. The van der Waals surface area contributed by atoms with Crippen LogP contribution in [0.4, 0.5) is 34.1 Å². The second kappa shape index (κ2) is 11.6. The normalized spacial score (nSPS) is 11.5. The lowest BCUT2D eigenvalue weighted by Crippen LogP contribution is -2.13. The SMILES string of the molecule is Clc1cccc(N(c2cccc(N(c3ccccc3)c3ccc4sc5ccccc5c4c3)c2)c2ccc3sc4ccccc4c3c2)c1. The maximum atomic E-state index is 6.61. The van der Waals surface area contributed by atoms with Gasteiger partial charge in [-0.05, 0) is 97.1 Å². The smallest absolute Gasteiger partial charge is 0.0482 e. The minimum atomic E-state index is 0.702. The van der Waals surface area contributed by atoms with Crippen molar-refractivity contribution >= 4 is 109 Å². The molecule has 0 saturated carbocycles. The molecule has 0 aliphatic rings. The van der Waals surface area contributed by atoms with E-state index in [1.165, 1.54) is 40.3 Å². The lowest BCUT2D eigenvalue weighted by molar-refractivity contribution is 1.25. The number of hydrogen-bond acceptors (Lipinski definition) is 4. The van der Waals surface area contributed by atoms with Gasteiger partial charge in [0.25, 0.3) is 0 Å². The zero-order valence-electron chi connectivity index (χ0n) is 25.2. The molecule has 2 aromatic heterocycles. The first kappa shape index (κ1) is 28.1. The molecule has 0 fully saturated rings. The van der Waals surface area contributed by atoms with Crippen molar-refractivity contribution in [3.8, 4) is 0 Å². The van der Waals surface area contributed by atoms with Crippen LogP contribution in [0.25, 0.3) is 40.3 Å². The average Bonchev–Trinajstić information content (AvgIpc) is 3.67. The summed E-state index contributed by atoms with van der Waals surface area (Å²) >= 11 is 10.3. The number of nitrogens with zero attached hydrogens (tertiary/aromatic N) is 2. The highest BCUT2D eigenvalue weighted by atomic mass is 35.5. The minimum Gasteiger partial charge on any atom is -0.310 e. The van der Waals surface area contributed by atoms with Crippen LogP contribution in [0, 0.1) is 0 Å². The van der Waals surface area contributed by atoms with Crippen LogP contribution in [0.15, 0.2) is 164 Å². The Hall–Kier alpha value is -5.13. The fourth-order valence-electron chi connectivity index (χ4n) is 6.56. The van der Waals surface area contributed by atoms with Gasteiger partial charge < -0.3 is 9.80 Å². The van der Waals surface area contributed by atoms with Gasteiger partial charge in [-0.25, -0.2) is 0 Å². The Labute approximate surface area is 285 Å². The Morgan fingerprint density at radius 3 is 1.32 bits per heavy atom. The molecule has 0 amide bonds. The molecule has 0 unspecified atom stereocenters. The van der Waals surface area contributed by atoms with Gasteiger partial charge in [0.2, 0.25) is 0 Å². The third kappa shape index (κ3) is 5.02. The predicted molar refractivity (Wildman–Crippen MR) is 207 cm³/mol. The quantitative estimate of drug-likeness (QED) is 0.175. The van der Waals surface area contributed by atoms with Crippen LogP contribution < -0.4 is 9.80 Å². The number of benzene rings is 7. The summed E-state index contributed by atoms with van der Waals surface area (Å²) in [7, 11) is 0. The van der Waals surface area contributed by atoms with Gasteiger partial charge in [0.1, 0.15) is 0 Å². The van der Waals surface area contributed by atoms with Crippen molar-refractivity contribution in [1.82, 2.24) is 0 Å². The molecule has 0 bridgehead atoms. The molecular weight excluding hydrogens is 632 g/mol. The first-order chi connectivity index (χ1) is 23.2. The molecule has 0 aliphatic carbocycles. The van der Waals surface area contributed by atoms with Crippen molar-refractivity contribution in [2.45, 2.75) is 0 Å². The molecule has 9 aromatic rings. The van der Waals surface area contributed by atoms with E-state index in [1.807, 2.05) is 40.9 Å². The van der Waals surface area contributed by atoms with Gasteiger partial charge in [-0.15, -0.1) is 22.7 Å². The highest BCUT2D eigenvalue weighted by Gasteiger charge is 2.19. The molecule has 2 nitrogen and oxygen atoms in total. The Morgan fingerprint density at radius 2 is 0.745 bits per heavy atom. The van der Waals surface area contributed by atoms with Crippen LogP contribution in [-0.2, 0) is 0 Å². The van der Waals surface area contributed by atoms with E-state index in [-0.39, 0.29) is 0 Å². The molecule has 47 heavy (non-hydrogen) atoms. The van der Waals surface area contributed by atoms with Crippen LogP contribution in [0.5, 0.6) is 0 Å². The fraction of sp³-hybridized carbons (Fsp3) is 0. The zero-order chi connectivity index (χ0) is 31.3. The summed E-state index contributed by atoms with van der Waals surface area (Å²) in [5, 5.41) is 5.80. The van der Waals surface area contributed by atoms with Crippen molar-refractivity contribution in [1.29, 1.82) is 0 Å². The first-order valence-corrected chi connectivity index (χ1v) is 17.5. The summed E-state index contributed by atoms with van der Waals surface area (Å²) in [5.41, 5.74) is 6.42. The largest absolute Gasteiger partial charge is 0.310 e. The third-order valence-electron chi connectivity index (χ3n) is 8.66. The molecule has 0 spiro atoms. The van der Waals surface area contributed by atoms with Gasteiger partial charge in [-0.3, -0.25) is 0 Å². The topological polar surface area (TPSA) is 6.48 Å². The van der Waals surface area contributed by atoms with E-state index in [0.29, 0.717) is 5.02 Å². The van der Waals surface area contributed by atoms with Crippen molar-refractivity contribution in [3.05, 3.63) is 169 Å². The van der Waals surface area contributed by atoms with Crippen molar-refractivity contribution in [2.24, 2.45) is 0 Å². The maximum absolute atomic E-state index is 6.61. The number of anilines is 6. The number of para-hydroxylation sites is 1. The predicted octanol–water partition coefficient (Wildman–Crippen LogP) is 14.0. The summed E-state index contributed by atoms with van der Waals surface area (Å²) in [4.78, 5) is 4.65. The number of thiophene rings is 2. The van der Waals surface area contributed by atoms with Gasteiger partial charge in [0.15, 0.2) is 0 Å². The molecule has 9 rings (SSSR count). The van der Waals surface area contributed by atoms with E-state index in [1.54, 1.807) is 0 Å².